The summed E-state index contributed by atoms with van der Waals surface area (Å²) < 4.78 is 5.36. The zero-order valence-electron chi connectivity index (χ0n) is 12.4. The third kappa shape index (κ3) is 2.56. The maximum atomic E-state index is 12.7. The molecule has 0 saturated carbocycles. The van der Waals surface area contributed by atoms with E-state index < -0.39 is 5.54 Å². The zero-order chi connectivity index (χ0) is 14.1. The second kappa shape index (κ2) is 5.11. The maximum Gasteiger partial charge on any atom is 0.186 e. The van der Waals surface area contributed by atoms with Gasteiger partial charge in [-0.25, -0.2) is 0 Å². The summed E-state index contributed by atoms with van der Waals surface area (Å²) in [5, 5.41) is 0. The number of carbonyl (C=O) groups is 1. The summed E-state index contributed by atoms with van der Waals surface area (Å²) in [6, 6.07) is 3.92. The summed E-state index contributed by atoms with van der Waals surface area (Å²) >= 11 is 0. The number of hydrogen-bond acceptors (Lipinski definition) is 3. The third-order valence-corrected chi connectivity index (χ3v) is 3.56. The van der Waals surface area contributed by atoms with Gasteiger partial charge in [-0.2, -0.15) is 0 Å². The zero-order valence-corrected chi connectivity index (χ0v) is 12.4. The lowest BCUT2D eigenvalue weighted by Gasteiger charge is -2.32. The van der Waals surface area contributed by atoms with Crippen LogP contribution >= 0.6 is 0 Å². The van der Waals surface area contributed by atoms with E-state index in [0.717, 1.165) is 11.1 Å². The summed E-state index contributed by atoms with van der Waals surface area (Å²) in [6.45, 7) is 7.80. The highest BCUT2D eigenvalue weighted by Gasteiger charge is 2.33. The van der Waals surface area contributed by atoms with Crippen LogP contribution < -0.4 is 4.74 Å². The van der Waals surface area contributed by atoms with E-state index in [9.17, 15) is 4.79 Å². The van der Waals surface area contributed by atoms with Crippen molar-refractivity contribution in [2.45, 2.75) is 33.2 Å². The van der Waals surface area contributed by atoms with Gasteiger partial charge in [-0.3, -0.25) is 9.69 Å². The van der Waals surface area contributed by atoms with Crippen molar-refractivity contribution in [1.29, 1.82) is 0 Å². The van der Waals surface area contributed by atoms with Gasteiger partial charge in [0.15, 0.2) is 5.78 Å². The first kappa shape index (κ1) is 14.7. The molecule has 0 aliphatic heterocycles. The molecular formula is C15H23NO2. The number of nitrogens with zero attached hydrogens (tertiary/aromatic N) is 1. The second-order valence-electron chi connectivity index (χ2n) is 5.44. The molecule has 0 bridgehead atoms. The van der Waals surface area contributed by atoms with Crippen LogP contribution in [0, 0.1) is 13.8 Å². The van der Waals surface area contributed by atoms with Gasteiger partial charge in [0.1, 0.15) is 5.75 Å². The molecule has 18 heavy (non-hydrogen) atoms. The molecule has 0 aliphatic carbocycles. The molecule has 0 saturated heterocycles. The smallest absolute Gasteiger partial charge is 0.186 e. The molecule has 100 valence electrons. The van der Waals surface area contributed by atoms with Crippen LogP contribution in [0.15, 0.2) is 12.1 Å². The van der Waals surface area contributed by atoms with Crippen LogP contribution in [0.5, 0.6) is 5.75 Å². The summed E-state index contributed by atoms with van der Waals surface area (Å²) in [6.07, 6.45) is 0. The molecule has 0 spiro atoms. The van der Waals surface area contributed by atoms with Gasteiger partial charge in [0.05, 0.1) is 18.2 Å². The second-order valence-corrected chi connectivity index (χ2v) is 5.44. The summed E-state index contributed by atoms with van der Waals surface area (Å²) in [5.74, 6) is 0.745. The SMILES string of the molecule is COc1cc(C)cc(C)c1C(=O)C(C)(C)N(C)C. The third-order valence-electron chi connectivity index (χ3n) is 3.56. The first-order valence-electron chi connectivity index (χ1n) is 6.09. The van der Waals surface area contributed by atoms with Gasteiger partial charge in [-0.1, -0.05) is 6.07 Å². The largest absolute Gasteiger partial charge is 0.496 e. The van der Waals surface area contributed by atoms with E-state index in [1.807, 2.05) is 58.8 Å². The molecule has 0 amide bonds. The van der Waals surface area contributed by atoms with Crippen molar-refractivity contribution in [2.75, 3.05) is 21.2 Å². The number of ketones is 1. The number of methoxy groups -OCH3 is 1. The van der Waals surface area contributed by atoms with E-state index in [0.29, 0.717) is 11.3 Å². The molecule has 0 aliphatic rings. The van der Waals surface area contributed by atoms with E-state index in [2.05, 4.69) is 0 Å². The summed E-state index contributed by atoms with van der Waals surface area (Å²) in [7, 11) is 5.43. The van der Waals surface area contributed by atoms with E-state index in [4.69, 9.17) is 4.74 Å². The number of carbonyl (C=O) groups excluding carboxylic acids is 1. The number of benzene rings is 1. The van der Waals surface area contributed by atoms with Gasteiger partial charge in [0.25, 0.3) is 0 Å². The van der Waals surface area contributed by atoms with Gasteiger partial charge in [-0.05, 0) is 59.0 Å². The molecule has 0 N–H and O–H groups in total. The van der Waals surface area contributed by atoms with E-state index in [-0.39, 0.29) is 5.78 Å². The Kier molecular flexibility index (Phi) is 4.17. The standard InChI is InChI=1S/C15H23NO2/c1-10-8-11(2)13(12(9-10)18-7)14(17)15(3,4)16(5)6/h8-9H,1-7H3. The molecule has 0 unspecified atom stereocenters. The van der Waals surface area contributed by atoms with Crippen LogP contribution in [-0.4, -0.2) is 37.4 Å². The lowest BCUT2D eigenvalue weighted by Crippen LogP contribution is -2.46. The summed E-state index contributed by atoms with van der Waals surface area (Å²) in [4.78, 5) is 14.6. The fraction of sp³-hybridized carbons (Fsp3) is 0.533. The Morgan fingerprint density at radius 3 is 2.22 bits per heavy atom. The van der Waals surface area contributed by atoms with Crippen molar-refractivity contribution >= 4 is 5.78 Å². The maximum absolute atomic E-state index is 12.7. The van der Waals surface area contributed by atoms with E-state index in [1.54, 1.807) is 7.11 Å². The highest BCUT2D eigenvalue weighted by molar-refractivity contribution is 6.06. The van der Waals surface area contributed by atoms with Gasteiger partial charge in [0, 0.05) is 0 Å². The quantitative estimate of drug-likeness (QED) is 0.768. The average Bonchev–Trinajstić information content (AvgIpc) is 2.26. The Morgan fingerprint density at radius 1 is 1.22 bits per heavy atom. The molecule has 1 aromatic carbocycles. The molecule has 0 fully saturated rings. The normalized spacial score (nSPS) is 11.8. The van der Waals surface area contributed by atoms with Crippen molar-refractivity contribution in [2.24, 2.45) is 0 Å². The highest BCUT2D eigenvalue weighted by atomic mass is 16.5. The first-order valence-corrected chi connectivity index (χ1v) is 6.09. The van der Waals surface area contributed by atoms with Gasteiger partial charge in [0.2, 0.25) is 0 Å². The van der Waals surface area contributed by atoms with Crippen LogP contribution in [-0.2, 0) is 0 Å². The monoisotopic (exact) mass is 249 g/mol. The van der Waals surface area contributed by atoms with Crippen LogP contribution in [0.1, 0.15) is 35.3 Å². The minimum atomic E-state index is -0.548. The Bertz CT molecular complexity index is 462. The summed E-state index contributed by atoms with van der Waals surface area (Å²) in [5.41, 5.74) is 2.20. The fourth-order valence-corrected chi connectivity index (χ4v) is 1.89. The Balaban J connectivity index is 3.38. The topological polar surface area (TPSA) is 29.5 Å². The number of likely N-dealkylation sites (N-methyl/N-ethyl adjacent to an activating group) is 1. The average molecular weight is 249 g/mol. The number of rotatable bonds is 4. The molecule has 0 heterocycles. The molecular weight excluding hydrogens is 226 g/mol. The first-order chi connectivity index (χ1) is 8.21. The van der Waals surface area contributed by atoms with Crippen molar-refractivity contribution in [1.82, 2.24) is 4.90 Å². The van der Waals surface area contributed by atoms with Gasteiger partial charge >= 0.3 is 0 Å². The predicted octanol–water partition coefficient (Wildman–Crippen LogP) is 2.83. The van der Waals surface area contributed by atoms with Crippen molar-refractivity contribution in [3.63, 3.8) is 0 Å². The van der Waals surface area contributed by atoms with Crippen molar-refractivity contribution in [3.05, 3.63) is 28.8 Å². The lowest BCUT2D eigenvalue weighted by molar-refractivity contribution is 0.0751. The van der Waals surface area contributed by atoms with E-state index >= 15 is 0 Å². The Morgan fingerprint density at radius 2 is 1.78 bits per heavy atom. The molecule has 0 atom stereocenters. The van der Waals surface area contributed by atoms with Crippen molar-refractivity contribution in [3.8, 4) is 5.75 Å². The lowest BCUT2D eigenvalue weighted by atomic mass is 9.88. The van der Waals surface area contributed by atoms with E-state index in [1.165, 1.54) is 0 Å². The predicted molar refractivity (Wildman–Crippen MR) is 74.6 cm³/mol. The van der Waals surface area contributed by atoms with Gasteiger partial charge < -0.3 is 4.74 Å². The molecule has 0 radical (unpaired) electrons. The fourth-order valence-electron chi connectivity index (χ4n) is 1.89. The Labute approximate surface area is 110 Å². The molecule has 0 aromatic heterocycles. The molecule has 1 aromatic rings. The van der Waals surface area contributed by atoms with Crippen LogP contribution in [0.3, 0.4) is 0 Å². The molecule has 1 rings (SSSR count). The minimum Gasteiger partial charge on any atom is -0.496 e. The number of ether oxygens (including phenoxy) is 1. The molecule has 3 nitrogen and oxygen atoms in total. The van der Waals surface area contributed by atoms with Gasteiger partial charge in [-0.15, -0.1) is 0 Å². The number of Topliss-reactive ketones (excluding diaryl/α,β-unsaturated/α-hetero) is 1. The minimum absolute atomic E-state index is 0.0850. The van der Waals surface area contributed by atoms with Crippen LogP contribution in [0.25, 0.3) is 0 Å². The van der Waals surface area contributed by atoms with Crippen LogP contribution in [0.4, 0.5) is 0 Å². The Hall–Kier alpha value is -1.35. The van der Waals surface area contributed by atoms with Crippen molar-refractivity contribution < 1.29 is 9.53 Å². The number of aryl methyl sites for hydroxylation is 2. The van der Waals surface area contributed by atoms with Crippen LogP contribution in [0.2, 0.25) is 0 Å². The molecule has 3 heteroatoms. The number of hydrogen-bond donors (Lipinski definition) is 0. The highest BCUT2D eigenvalue weighted by Crippen LogP contribution is 2.29.